The third kappa shape index (κ3) is 3.86. The largest absolute Gasteiger partial charge is 0.419 e. The normalized spacial score (nSPS) is 18.5. The second-order valence-electron chi connectivity index (χ2n) is 8.74. The number of hydrogen-bond acceptors (Lipinski definition) is 5. The van der Waals surface area contributed by atoms with Crippen LogP contribution in [0.1, 0.15) is 38.5 Å². The number of nitrogens with zero attached hydrogens (tertiary/aromatic N) is 5. The molecule has 2 saturated heterocycles. The average molecular weight is 408 g/mol. The van der Waals surface area contributed by atoms with Crippen LogP contribution in [0.4, 0.5) is 0 Å². The van der Waals surface area contributed by atoms with E-state index in [0.717, 1.165) is 61.4 Å². The second-order valence-corrected chi connectivity index (χ2v) is 8.74. The van der Waals surface area contributed by atoms with Crippen LogP contribution >= 0.6 is 0 Å². The van der Waals surface area contributed by atoms with Crippen molar-refractivity contribution in [1.29, 1.82) is 0 Å². The third-order valence-electron chi connectivity index (χ3n) is 6.49. The lowest BCUT2D eigenvalue weighted by atomic mass is 9.99. The van der Waals surface area contributed by atoms with E-state index in [0.29, 0.717) is 24.9 Å². The van der Waals surface area contributed by atoms with Gasteiger partial charge in [0.05, 0.1) is 12.1 Å². The first kappa shape index (κ1) is 19.3. The van der Waals surface area contributed by atoms with E-state index in [1.807, 2.05) is 33.9 Å². The Bertz CT molecular complexity index is 1030. The van der Waals surface area contributed by atoms with Crippen molar-refractivity contribution in [3.63, 3.8) is 0 Å². The predicted molar refractivity (Wildman–Crippen MR) is 115 cm³/mol. The molecule has 1 aromatic carbocycles. The van der Waals surface area contributed by atoms with Crippen molar-refractivity contribution in [3.05, 3.63) is 36.4 Å². The summed E-state index contributed by atoms with van der Waals surface area (Å²) in [6.45, 7) is 7.25. The number of aromatic nitrogens is 3. The zero-order chi connectivity index (χ0) is 20.5. The molecule has 1 amide bonds. The Morgan fingerprint density at radius 3 is 2.67 bits per heavy atom. The smallest absolute Gasteiger partial charge is 0.249 e. The molecule has 0 saturated carbocycles. The highest BCUT2D eigenvalue weighted by Gasteiger charge is 2.22. The molecule has 0 unspecified atom stereocenters. The summed E-state index contributed by atoms with van der Waals surface area (Å²) >= 11 is 0. The van der Waals surface area contributed by atoms with Gasteiger partial charge in [-0.3, -0.25) is 9.69 Å². The Labute approximate surface area is 176 Å². The number of hydrogen-bond donors (Lipinski definition) is 0. The van der Waals surface area contributed by atoms with Gasteiger partial charge in [-0.2, -0.15) is 0 Å². The zero-order valence-electron chi connectivity index (χ0n) is 17.6. The zero-order valence-corrected chi connectivity index (χ0v) is 17.6. The number of fused-ring (bicyclic) bond motifs is 1. The molecule has 2 aliphatic rings. The van der Waals surface area contributed by atoms with Crippen LogP contribution in [-0.4, -0.2) is 56.7 Å². The molecule has 0 aliphatic carbocycles. The van der Waals surface area contributed by atoms with Crippen LogP contribution in [0.15, 0.2) is 34.9 Å². The standard InChI is InChI=1S/C23H29N5O2/c1-17-8-12-26(13-9-17)15-21-24-25-23(30-21)19-14-28(20-7-3-2-6-18(19)20)16-22(29)27-10-4-5-11-27/h2-3,6-7,14,17H,4-5,8-13,15-16H2,1H3. The lowest BCUT2D eigenvalue weighted by Gasteiger charge is -2.28. The molecule has 7 nitrogen and oxygen atoms in total. The van der Waals surface area contributed by atoms with E-state index in [2.05, 4.69) is 28.1 Å². The van der Waals surface area contributed by atoms with E-state index in [1.165, 1.54) is 12.8 Å². The molecule has 2 aliphatic heterocycles. The van der Waals surface area contributed by atoms with Gasteiger partial charge in [0.15, 0.2) is 0 Å². The lowest BCUT2D eigenvalue weighted by molar-refractivity contribution is -0.130. The van der Waals surface area contributed by atoms with Crippen LogP contribution in [0.25, 0.3) is 22.4 Å². The van der Waals surface area contributed by atoms with E-state index in [1.54, 1.807) is 0 Å². The predicted octanol–water partition coefficient (Wildman–Crippen LogP) is 3.55. The molecule has 7 heteroatoms. The number of para-hydroxylation sites is 1. The maximum atomic E-state index is 12.7. The molecule has 30 heavy (non-hydrogen) atoms. The van der Waals surface area contributed by atoms with Gasteiger partial charge in [-0.1, -0.05) is 25.1 Å². The summed E-state index contributed by atoms with van der Waals surface area (Å²) in [5.41, 5.74) is 1.91. The van der Waals surface area contributed by atoms with Gasteiger partial charge in [-0.05, 0) is 50.8 Å². The highest BCUT2D eigenvalue weighted by Crippen LogP contribution is 2.30. The fourth-order valence-corrected chi connectivity index (χ4v) is 4.60. The number of rotatable bonds is 5. The fourth-order valence-electron chi connectivity index (χ4n) is 4.60. The van der Waals surface area contributed by atoms with Crippen LogP contribution in [0.3, 0.4) is 0 Å². The molecular formula is C23H29N5O2. The lowest BCUT2D eigenvalue weighted by Crippen LogP contribution is -2.32. The molecule has 2 aromatic heterocycles. The number of likely N-dealkylation sites (tertiary alicyclic amines) is 2. The SMILES string of the molecule is CC1CCN(Cc2nnc(-c3cn(CC(=O)N4CCCC4)c4ccccc34)o2)CC1. The van der Waals surface area contributed by atoms with Gasteiger partial charge >= 0.3 is 0 Å². The number of carbonyl (C=O) groups excluding carboxylic acids is 1. The van der Waals surface area contributed by atoms with Crippen LogP contribution in [0.2, 0.25) is 0 Å². The monoisotopic (exact) mass is 407 g/mol. The fraction of sp³-hybridized carbons (Fsp3) is 0.522. The van der Waals surface area contributed by atoms with E-state index in [4.69, 9.17) is 4.42 Å². The highest BCUT2D eigenvalue weighted by atomic mass is 16.4. The maximum Gasteiger partial charge on any atom is 0.249 e. The van der Waals surface area contributed by atoms with Crippen LogP contribution in [-0.2, 0) is 17.9 Å². The molecule has 0 bridgehead atoms. The van der Waals surface area contributed by atoms with Crippen molar-refractivity contribution < 1.29 is 9.21 Å². The minimum atomic E-state index is 0.172. The number of amides is 1. The molecule has 0 N–H and O–H groups in total. The summed E-state index contributed by atoms with van der Waals surface area (Å²) in [5, 5.41) is 9.67. The Hall–Kier alpha value is -2.67. The van der Waals surface area contributed by atoms with Gasteiger partial charge in [-0.25, -0.2) is 0 Å². The van der Waals surface area contributed by atoms with E-state index >= 15 is 0 Å². The average Bonchev–Trinajstić information content (AvgIpc) is 3.50. The van der Waals surface area contributed by atoms with Crippen LogP contribution < -0.4 is 0 Å². The summed E-state index contributed by atoms with van der Waals surface area (Å²) < 4.78 is 8.07. The van der Waals surface area contributed by atoms with Gasteiger partial charge in [0.25, 0.3) is 0 Å². The topological polar surface area (TPSA) is 67.4 Å². The minimum absolute atomic E-state index is 0.172. The molecule has 0 spiro atoms. The Morgan fingerprint density at radius 2 is 1.87 bits per heavy atom. The highest BCUT2D eigenvalue weighted by molar-refractivity contribution is 5.94. The van der Waals surface area contributed by atoms with Crippen LogP contribution in [0, 0.1) is 5.92 Å². The van der Waals surface area contributed by atoms with E-state index < -0.39 is 0 Å². The van der Waals surface area contributed by atoms with Gasteiger partial charge in [0.2, 0.25) is 17.7 Å². The molecule has 4 heterocycles. The first-order valence-corrected chi connectivity index (χ1v) is 11.1. The quantitative estimate of drug-likeness (QED) is 0.647. The van der Waals surface area contributed by atoms with E-state index in [-0.39, 0.29) is 5.91 Å². The number of carbonyl (C=O) groups is 1. The molecule has 158 valence electrons. The number of benzene rings is 1. The molecular weight excluding hydrogens is 378 g/mol. The number of piperidine rings is 1. The van der Waals surface area contributed by atoms with Gasteiger partial charge in [0.1, 0.15) is 6.54 Å². The Morgan fingerprint density at radius 1 is 1.10 bits per heavy atom. The van der Waals surface area contributed by atoms with Crippen LogP contribution in [0.5, 0.6) is 0 Å². The Kier molecular flexibility index (Phi) is 5.29. The summed E-state index contributed by atoms with van der Waals surface area (Å²) in [6, 6.07) is 8.10. The maximum absolute atomic E-state index is 12.7. The first-order chi connectivity index (χ1) is 14.7. The minimum Gasteiger partial charge on any atom is -0.419 e. The first-order valence-electron chi connectivity index (χ1n) is 11.1. The summed E-state index contributed by atoms with van der Waals surface area (Å²) in [6.07, 6.45) is 6.63. The van der Waals surface area contributed by atoms with Crippen molar-refractivity contribution in [1.82, 2.24) is 24.6 Å². The molecule has 3 aromatic rings. The molecule has 2 fully saturated rings. The molecule has 0 atom stereocenters. The Balaban J connectivity index is 1.38. The van der Waals surface area contributed by atoms with Crippen molar-refractivity contribution in [3.8, 4) is 11.5 Å². The van der Waals surface area contributed by atoms with Crippen molar-refractivity contribution in [2.45, 2.75) is 45.7 Å². The van der Waals surface area contributed by atoms with Crippen molar-refractivity contribution in [2.24, 2.45) is 5.92 Å². The summed E-state index contributed by atoms with van der Waals surface area (Å²) in [4.78, 5) is 17.0. The van der Waals surface area contributed by atoms with Gasteiger partial charge in [-0.15, -0.1) is 10.2 Å². The van der Waals surface area contributed by atoms with Crippen molar-refractivity contribution >= 4 is 16.8 Å². The van der Waals surface area contributed by atoms with Crippen molar-refractivity contribution in [2.75, 3.05) is 26.2 Å². The van der Waals surface area contributed by atoms with Gasteiger partial charge < -0.3 is 13.9 Å². The van der Waals surface area contributed by atoms with E-state index in [9.17, 15) is 4.79 Å². The second kappa shape index (κ2) is 8.22. The van der Waals surface area contributed by atoms with Gasteiger partial charge in [0, 0.05) is 30.2 Å². The molecule has 0 radical (unpaired) electrons. The summed E-state index contributed by atoms with van der Waals surface area (Å²) in [7, 11) is 0. The molecule has 5 rings (SSSR count). The third-order valence-corrected chi connectivity index (χ3v) is 6.49. The summed E-state index contributed by atoms with van der Waals surface area (Å²) in [5.74, 6) is 2.16.